The van der Waals surface area contributed by atoms with E-state index in [0.29, 0.717) is 16.7 Å². The quantitative estimate of drug-likeness (QED) is 0.850. The molecule has 1 aromatic heterocycles. The normalized spacial score (nSPS) is 11.1. The first kappa shape index (κ1) is 12.0. The van der Waals surface area contributed by atoms with Crippen molar-refractivity contribution < 1.29 is 9.47 Å². The maximum absolute atomic E-state index is 5.81. The Hall–Kier alpha value is -1.43. The predicted octanol–water partition coefficient (Wildman–Crippen LogP) is 2.42. The van der Waals surface area contributed by atoms with Crippen LogP contribution in [0, 0.1) is 0 Å². The van der Waals surface area contributed by atoms with Crippen LogP contribution in [0.15, 0.2) is 24.3 Å². The summed E-state index contributed by atoms with van der Waals surface area (Å²) >= 11 is 5.81. The topological polar surface area (TPSA) is 60.0 Å². The van der Waals surface area contributed by atoms with Crippen LogP contribution in [0.3, 0.4) is 0 Å². The summed E-state index contributed by atoms with van der Waals surface area (Å²) < 4.78 is 10.2. The van der Waals surface area contributed by atoms with E-state index in [2.05, 4.69) is 15.2 Å². The molecule has 90 valence electrons. The third-order valence-corrected chi connectivity index (χ3v) is 2.51. The molecule has 0 aliphatic heterocycles. The SMILES string of the molecule is COC(OC)c1nc(-c2ccc(Cl)cc2)n[nH]1. The van der Waals surface area contributed by atoms with Gasteiger partial charge in [-0.3, -0.25) is 5.10 Å². The van der Waals surface area contributed by atoms with Crippen LogP contribution in [0.25, 0.3) is 11.4 Å². The first-order valence-corrected chi connectivity index (χ1v) is 5.36. The molecule has 0 bridgehead atoms. The fourth-order valence-corrected chi connectivity index (χ4v) is 1.55. The van der Waals surface area contributed by atoms with Crippen molar-refractivity contribution >= 4 is 11.6 Å². The fourth-order valence-electron chi connectivity index (χ4n) is 1.43. The van der Waals surface area contributed by atoms with Crippen LogP contribution in [-0.4, -0.2) is 29.4 Å². The number of halogens is 1. The van der Waals surface area contributed by atoms with E-state index in [9.17, 15) is 0 Å². The number of rotatable bonds is 4. The van der Waals surface area contributed by atoms with Crippen LogP contribution in [0.1, 0.15) is 12.1 Å². The third kappa shape index (κ3) is 2.63. The Balaban J connectivity index is 2.26. The van der Waals surface area contributed by atoms with E-state index in [4.69, 9.17) is 21.1 Å². The van der Waals surface area contributed by atoms with E-state index in [1.54, 1.807) is 26.4 Å². The highest BCUT2D eigenvalue weighted by molar-refractivity contribution is 6.30. The zero-order valence-corrected chi connectivity index (χ0v) is 10.2. The highest BCUT2D eigenvalue weighted by Gasteiger charge is 2.14. The second kappa shape index (κ2) is 5.27. The second-order valence-electron chi connectivity index (χ2n) is 3.35. The Morgan fingerprint density at radius 1 is 1.18 bits per heavy atom. The summed E-state index contributed by atoms with van der Waals surface area (Å²) in [5, 5.41) is 7.55. The number of nitrogens with zero attached hydrogens (tertiary/aromatic N) is 2. The molecule has 6 heteroatoms. The van der Waals surface area contributed by atoms with E-state index in [1.165, 1.54) is 0 Å². The molecule has 0 radical (unpaired) electrons. The summed E-state index contributed by atoms with van der Waals surface area (Å²) in [5.74, 6) is 1.11. The average molecular weight is 254 g/mol. The summed E-state index contributed by atoms with van der Waals surface area (Å²) in [6, 6.07) is 7.28. The summed E-state index contributed by atoms with van der Waals surface area (Å²) in [7, 11) is 3.08. The monoisotopic (exact) mass is 253 g/mol. The Morgan fingerprint density at radius 2 is 1.82 bits per heavy atom. The van der Waals surface area contributed by atoms with Crippen molar-refractivity contribution in [1.29, 1.82) is 0 Å². The Morgan fingerprint density at radius 3 is 2.41 bits per heavy atom. The van der Waals surface area contributed by atoms with Gasteiger partial charge in [0.05, 0.1) is 0 Å². The van der Waals surface area contributed by atoms with Gasteiger partial charge in [-0.2, -0.15) is 5.10 Å². The average Bonchev–Trinajstić information content (AvgIpc) is 2.81. The highest BCUT2D eigenvalue weighted by Crippen LogP contribution is 2.20. The number of benzene rings is 1. The molecular formula is C11H12ClN3O2. The molecule has 1 N–H and O–H groups in total. The number of hydrogen-bond donors (Lipinski definition) is 1. The number of aromatic amines is 1. The van der Waals surface area contributed by atoms with Crippen LogP contribution in [0.4, 0.5) is 0 Å². The number of ether oxygens (including phenoxy) is 2. The molecule has 2 aromatic rings. The molecule has 17 heavy (non-hydrogen) atoms. The Kier molecular flexibility index (Phi) is 3.73. The van der Waals surface area contributed by atoms with Gasteiger partial charge in [-0.25, -0.2) is 4.98 Å². The van der Waals surface area contributed by atoms with Gasteiger partial charge in [0.1, 0.15) is 0 Å². The summed E-state index contributed by atoms with van der Waals surface area (Å²) in [5.41, 5.74) is 0.878. The summed E-state index contributed by atoms with van der Waals surface area (Å²) in [6.07, 6.45) is -0.538. The first-order chi connectivity index (χ1) is 8.24. The van der Waals surface area contributed by atoms with E-state index in [-0.39, 0.29) is 0 Å². The molecule has 0 spiro atoms. The minimum Gasteiger partial charge on any atom is -0.349 e. The van der Waals surface area contributed by atoms with Crippen molar-refractivity contribution in [1.82, 2.24) is 15.2 Å². The van der Waals surface area contributed by atoms with Crippen LogP contribution in [0.5, 0.6) is 0 Å². The molecule has 1 aromatic carbocycles. The Labute approximate surface area is 104 Å². The first-order valence-electron chi connectivity index (χ1n) is 4.98. The van der Waals surface area contributed by atoms with Gasteiger partial charge in [-0.05, 0) is 24.3 Å². The van der Waals surface area contributed by atoms with Crippen LogP contribution in [0.2, 0.25) is 5.02 Å². The molecule has 0 fully saturated rings. The van der Waals surface area contributed by atoms with Crippen molar-refractivity contribution in [2.24, 2.45) is 0 Å². The number of hydrogen-bond acceptors (Lipinski definition) is 4. The number of H-pyrrole nitrogens is 1. The molecule has 0 saturated carbocycles. The number of methoxy groups -OCH3 is 2. The van der Waals surface area contributed by atoms with Gasteiger partial charge in [-0.1, -0.05) is 11.6 Å². The Bertz CT molecular complexity index is 480. The minimum absolute atomic E-state index is 0.528. The van der Waals surface area contributed by atoms with Crippen LogP contribution in [-0.2, 0) is 9.47 Å². The van der Waals surface area contributed by atoms with Crippen LogP contribution < -0.4 is 0 Å². The van der Waals surface area contributed by atoms with Gasteiger partial charge in [0.25, 0.3) is 0 Å². The molecule has 0 atom stereocenters. The zero-order chi connectivity index (χ0) is 12.3. The standard InChI is InChI=1S/C11H12ClN3O2/c1-16-11(17-2)10-13-9(14-15-10)7-3-5-8(12)6-4-7/h3-6,11H,1-2H3,(H,13,14,15). The zero-order valence-electron chi connectivity index (χ0n) is 9.48. The summed E-state index contributed by atoms with van der Waals surface area (Å²) in [4.78, 5) is 4.29. The van der Waals surface area contributed by atoms with Gasteiger partial charge >= 0.3 is 0 Å². The fraction of sp³-hybridized carbons (Fsp3) is 0.273. The highest BCUT2D eigenvalue weighted by atomic mass is 35.5. The lowest BCUT2D eigenvalue weighted by Gasteiger charge is -2.08. The maximum Gasteiger partial charge on any atom is 0.218 e. The van der Waals surface area contributed by atoms with E-state index < -0.39 is 6.29 Å². The van der Waals surface area contributed by atoms with Gasteiger partial charge in [0.2, 0.25) is 6.29 Å². The molecule has 0 aliphatic rings. The molecule has 0 amide bonds. The predicted molar refractivity (Wildman–Crippen MR) is 63.6 cm³/mol. The van der Waals surface area contributed by atoms with Gasteiger partial charge in [0.15, 0.2) is 11.6 Å². The molecule has 2 rings (SSSR count). The second-order valence-corrected chi connectivity index (χ2v) is 3.79. The number of aromatic nitrogens is 3. The molecular weight excluding hydrogens is 242 g/mol. The smallest absolute Gasteiger partial charge is 0.218 e. The van der Waals surface area contributed by atoms with Gasteiger partial charge in [0, 0.05) is 24.8 Å². The van der Waals surface area contributed by atoms with E-state index >= 15 is 0 Å². The van der Waals surface area contributed by atoms with Crippen molar-refractivity contribution in [2.75, 3.05) is 14.2 Å². The van der Waals surface area contributed by atoms with Gasteiger partial charge in [-0.15, -0.1) is 0 Å². The van der Waals surface area contributed by atoms with Crippen LogP contribution >= 0.6 is 11.6 Å². The lowest BCUT2D eigenvalue weighted by Crippen LogP contribution is -2.05. The van der Waals surface area contributed by atoms with E-state index in [0.717, 1.165) is 5.56 Å². The molecule has 0 aliphatic carbocycles. The van der Waals surface area contributed by atoms with Gasteiger partial charge < -0.3 is 9.47 Å². The molecule has 1 heterocycles. The van der Waals surface area contributed by atoms with E-state index in [1.807, 2.05) is 12.1 Å². The maximum atomic E-state index is 5.81. The van der Waals surface area contributed by atoms with Crippen molar-refractivity contribution in [3.05, 3.63) is 35.1 Å². The molecule has 0 unspecified atom stereocenters. The van der Waals surface area contributed by atoms with Crippen molar-refractivity contribution in [3.8, 4) is 11.4 Å². The summed E-state index contributed by atoms with van der Waals surface area (Å²) in [6.45, 7) is 0. The largest absolute Gasteiger partial charge is 0.349 e. The lowest BCUT2D eigenvalue weighted by atomic mass is 10.2. The van der Waals surface area contributed by atoms with Crippen molar-refractivity contribution in [3.63, 3.8) is 0 Å². The molecule has 5 nitrogen and oxygen atoms in total. The van der Waals surface area contributed by atoms with Crippen molar-refractivity contribution in [2.45, 2.75) is 6.29 Å². The molecule has 0 saturated heterocycles. The third-order valence-electron chi connectivity index (χ3n) is 2.26. The number of nitrogens with one attached hydrogen (secondary N) is 1. The lowest BCUT2D eigenvalue weighted by molar-refractivity contribution is -0.111. The minimum atomic E-state index is -0.538.